The number of aryl methyl sites for hydroxylation is 1. The van der Waals surface area contributed by atoms with Gasteiger partial charge < -0.3 is 14.5 Å². The highest BCUT2D eigenvalue weighted by atomic mass is 16.5. The Morgan fingerprint density at radius 3 is 2.77 bits per heavy atom. The van der Waals surface area contributed by atoms with Crippen LogP contribution >= 0.6 is 0 Å². The van der Waals surface area contributed by atoms with Crippen LogP contribution in [0.2, 0.25) is 0 Å². The first-order valence-electron chi connectivity index (χ1n) is 9.10. The molecule has 4 rings (SSSR count). The Labute approximate surface area is 154 Å². The van der Waals surface area contributed by atoms with Crippen molar-refractivity contribution in [2.45, 2.75) is 25.4 Å². The lowest BCUT2D eigenvalue weighted by atomic mass is 9.90. The molecule has 0 aliphatic carbocycles. The van der Waals surface area contributed by atoms with Crippen LogP contribution in [0.4, 0.5) is 11.6 Å². The number of nitrogens with zero attached hydrogens (tertiary/aromatic N) is 5. The number of ether oxygens (including phenoxy) is 1. The van der Waals surface area contributed by atoms with E-state index in [9.17, 15) is 0 Å². The van der Waals surface area contributed by atoms with E-state index in [4.69, 9.17) is 10.00 Å². The van der Waals surface area contributed by atoms with Gasteiger partial charge in [0.25, 0.3) is 0 Å². The van der Waals surface area contributed by atoms with Crippen LogP contribution in [-0.4, -0.2) is 48.4 Å². The van der Waals surface area contributed by atoms with Crippen molar-refractivity contribution in [3.05, 3.63) is 47.8 Å². The maximum absolute atomic E-state index is 9.17. The van der Waals surface area contributed by atoms with E-state index in [2.05, 4.69) is 31.9 Å². The van der Waals surface area contributed by atoms with Crippen LogP contribution in [0.5, 0.6) is 0 Å². The molecule has 2 aliphatic rings. The van der Waals surface area contributed by atoms with E-state index in [1.165, 1.54) is 0 Å². The molecule has 0 unspecified atom stereocenters. The summed E-state index contributed by atoms with van der Waals surface area (Å²) in [5.41, 5.74) is 2.64. The van der Waals surface area contributed by atoms with Crippen LogP contribution in [0.3, 0.4) is 0 Å². The monoisotopic (exact) mass is 349 g/mol. The Balaban J connectivity index is 1.53. The average molecular weight is 349 g/mol. The molecule has 1 aromatic heterocycles. The lowest BCUT2D eigenvalue weighted by Crippen LogP contribution is -2.60. The predicted octanol–water partition coefficient (Wildman–Crippen LogP) is 2.53. The highest BCUT2D eigenvalue weighted by Crippen LogP contribution is 2.32. The minimum absolute atomic E-state index is 0.215. The van der Waals surface area contributed by atoms with E-state index < -0.39 is 0 Å². The van der Waals surface area contributed by atoms with E-state index in [0.29, 0.717) is 12.2 Å². The standard InChI is InChI=1S/C20H23N5O/c1-16-12-22-19(23-13-16)25-8-9-26-20(15-25)6-3-7-24(14-20)18-5-2-4-17(10-18)11-21/h2,4-5,10,12-13H,3,6-9,14-15H2,1H3/t20-/m1/s1. The van der Waals surface area contributed by atoms with Gasteiger partial charge in [0.1, 0.15) is 5.60 Å². The molecule has 1 spiro atoms. The molecule has 2 aromatic rings. The predicted molar refractivity (Wildman–Crippen MR) is 100 cm³/mol. The van der Waals surface area contributed by atoms with Crippen molar-refractivity contribution in [3.63, 3.8) is 0 Å². The number of hydrogen-bond donors (Lipinski definition) is 0. The molecule has 6 heteroatoms. The van der Waals surface area contributed by atoms with Gasteiger partial charge in [-0.15, -0.1) is 0 Å². The third kappa shape index (κ3) is 3.35. The van der Waals surface area contributed by atoms with E-state index >= 15 is 0 Å². The molecule has 0 bridgehead atoms. The molecule has 0 saturated carbocycles. The first kappa shape index (κ1) is 16.8. The number of anilines is 2. The van der Waals surface area contributed by atoms with Gasteiger partial charge in [-0.3, -0.25) is 0 Å². The molecule has 134 valence electrons. The molecular weight excluding hydrogens is 326 g/mol. The summed E-state index contributed by atoms with van der Waals surface area (Å²) in [7, 11) is 0. The van der Waals surface area contributed by atoms with Gasteiger partial charge in [0.2, 0.25) is 5.95 Å². The summed E-state index contributed by atoms with van der Waals surface area (Å²) in [4.78, 5) is 13.6. The van der Waals surface area contributed by atoms with Crippen LogP contribution in [0, 0.1) is 18.3 Å². The van der Waals surface area contributed by atoms with Crippen molar-refractivity contribution in [2.75, 3.05) is 42.6 Å². The second-order valence-corrected chi connectivity index (χ2v) is 7.20. The van der Waals surface area contributed by atoms with Gasteiger partial charge >= 0.3 is 0 Å². The third-order valence-electron chi connectivity index (χ3n) is 5.18. The number of aromatic nitrogens is 2. The van der Waals surface area contributed by atoms with Crippen molar-refractivity contribution in [2.24, 2.45) is 0 Å². The van der Waals surface area contributed by atoms with E-state index in [-0.39, 0.29) is 5.60 Å². The molecule has 3 heterocycles. The van der Waals surface area contributed by atoms with E-state index in [1.54, 1.807) is 0 Å². The molecule has 0 amide bonds. The van der Waals surface area contributed by atoms with Crippen LogP contribution in [0.1, 0.15) is 24.0 Å². The summed E-state index contributed by atoms with van der Waals surface area (Å²) >= 11 is 0. The molecule has 2 aliphatic heterocycles. The molecule has 2 saturated heterocycles. The SMILES string of the molecule is Cc1cnc(N2CCO[C@@]3(CCCN(c4cccc(C#N)c4)C3)C2)nc1. The zero-order chi connectivity index (χ0) is 18.0. The van der Waals surface area contributed by atoms with Crippen molar-refractivity contribution in [1.29, 1.82) is 5.26 Å². The zero-order valence-corrected chi connectivity index (χ0v) is 15.1. The summed E-state index contributed by atoms with van der Waals surface area (Å²) in [6.07, 6.45) is 5.83. The zero-order valence-electron chi connectivity index (χ0n) is 15.1. The normalized spacial score (nSPS) is 23.1. The maximum Gasteiger partial charge on any atom is 0.225 e. The Morgan fingerprint density at radius 1 is 1.15 bits per heavy atom. The molecule has 0 radical (unpaired) electrons. The van der Waals surface area contributed by atoms with Crippen LogP contribution in [0.25, 0.3) is 0 Å². The van der Waals surface area contributed by atoms with Crippen molar-refractivity contribution >= 4 is 11.6 Å². The number of benzene rings is 1. The lowest BCUT2D eigenvalue weighted by Gasteiger charge is -2.48. The van der Waals surface area contributed by atoms with Crippen molar-refractivity contribution in [3.8, 4) is 6.07 Å². The first-order chi connectivity index (χ1) is 12.7. The van der Waals surface area contributed by atoms with Gasteiger partial charge in [-0.1, -0.05) is 6.07 Å². The highest BCUT2D eigenvalue weighted by Gasteiger charge is 2.41. The molecule has 2 fully saturated rings. The third-order valence-corrected chi connectivity index (χ3v) is 5.18. The van der Waals surface area contributed by atoms with Crippen LogP contribution in [0.15, 0.2) is 36.7 Å². The Hall–Kier alpha value is -2.65. The summed E-state index contributed by atoms with van der Waals surface area (Å²) in [5.74, 6) is 0.780. The Kier molecular flexibility index (Phi) is 4.48. The maximum atomic E-state index is 9.17. The first-order valence-corrected chi connectivity index (χ1v) is 9.10. The molecular formula is C20H23N5O. The fourth-order valence-electron chi connectivity index (χ4n) is 3.90. The topological polar surface area (TPSA) is 65.3 Å². The molecule has 6 nitrogen and oxygen atoms in total. The Morgan fingerprint density at radius 2 is 1.96 bits per heavy atom. The van der Waals surface area contributed by atoms with Crippen molar-refractivity contribution in [1.82, 2.24) is 9.97 Å². The van der Waals surface area contributed by atoms with Gasteiger partial charge in [-0.05, 0) is 43.5 Å². The quantitative estimate of drug-likeness (QED) is 0.830. The smallest absolute Gasteiger partial charge is 0.225 e. The summed E-state index contributed by atoms with van der Waals surface area (Å²) in [6.45, 7) is 6.10. The lowest BCUT2D eigenvalue weighted by molar-refractivity contribution is -0.0632. The second-order valence-electron chi connectivity index (χ2n) is 7.20. The number of hydrogen-bond acceptors (Lipinski definition) is 6. The largest absolute Gasteiger partial charge is 0.369 e. The number of nitriles is 1. The average Bonchev–Trinajstić information content (AvgIpc) is 2.69. The van der Waals surface area contributed by atoms with Gasteiger partial charge in [0.15, 0.2) is 0 Å². The molecule has 1 aromatic carbocycles. The minimum Gasteiger partial charge on any atom is -0.369 e. The Bertz CT molecular complexity index is 812. The van der Waals surface area contributed by atoms with Gasteiger partial charge in [0, 0.05) is 37.7 Å². The fraction of sp³-hybridized carbons (Fsp3) is 0.450. The van der Waals surface area contributed by atoms with Crippen molar-refractivity contribution < 1.29 is 4.74 Å². The summed E-state index contributed by atoms with van der Waals surface area (Å²) < 4.78 is 6.29. The van der Waals surface area contributed by atoms with Gasteiger partial charge in [-0.25, -0.2) is 9.97 Å². The second kappa shape index (κ2) is 6.93. The molecule has 1 atom stereocenters. The highest BCUT2D eigenvalue weighted by molar-refractivity contribution is 5.52. The number of rotatable bonds is 2. The van der Waals surface area contributed by atoms with Crippen LogP contribution < -0.4 is 9.80 Å². The number of piperidine rings is 1. The summed E-state index contributed by atoms with van der Waals surface area (Å²) in [6, 6.07) is 10.1. The molecule has 26 heavy (non-hydrogen) atoms. The number of morpholine rings is 1. The molecule has 0 N–H and O–H groups in total. The van der Waals surface area contributed by atoms with E-state index in [1.807, 2.05) is 37.5 Å². The van der Waals surface area contributed by atoms with Gasteiger partial charge in [0.05, 0.1) is 24.8 Å². The minimum atomic E-state index is -0.215. The fourth-order valence-corrected chi connectivity index (χ4v) is 3.90. The van der Waals surface area contributed by atoms with Crippen LogP contribution in [-0.2, 0) is 4.74 Å². The van der Waals surface area contributed by atoms with E-state index in [0.717, 1.165) is 56.2 Å². The van der Waals surface area contributed by atoms with Gasteiger partial charge in [-0.2, -0.15) is 5.26 Å². The summed E-state index contributed by atoms with van der Waals surface area (Å²) in [5, 5.41) is 9.17.